The van der Waals surface area contributed by atoms with Gasteiger partial charge in [-0.25, -0.2) is 12.8 Å². The SMILES string of the molecule is CNCC(=O)OC[C@@H]1CN(S(C)(=O)=O)c2cc3oc(-c4ccc(F)cc4)c(C(=O)NC)c3cc2[C@H](C)O1. The fourth-order valence-electron chi connectivity index (χ4n) is 4.32. The van der Waals surface area contributed by atoms with E-state index in [0.717, 1.165) is 6.26 Å². The Morgan fingerprint density at radius 3 is 2.51 bits per heavy atom. The number of amides is 1. The minimum atomic E-state index is -3.78. The Bertz CT molecular complexity index is 1440. The Morgan fingerprint density at radius 2 is 1.89 bits per heavy atom. The fraction of sp³-hybridized carbons (Fsp3) is 0.360. The minimum absolute atomic E-state index is 0.00728. The largest absolute Gasteiger partial charge is 0.462 e. The molecular weight excluding hydrogens is 505 g/mol. The number of hydrogen-bond acceptors (Lipinski definition) is 8. The molecule has 37 heavy (non-hydrogen) atoms. The molecule has 4 rings (SSSR count). The summed E-state index contributed by atoms with van der Waals surface area (Å²) < 4.78 is 57.8. The van der Waals surface area contributed by atoms with E-state index in [9.17, 15) is 22.4 Å². The highest BCUT2D eigenvalue weighted by Gasteiger charge is 2.34. The number of furan rings is 1. The predicted molar refractivity (Wildman–Crippen MR) is 135 cm³/mol. The maximum absolute atomic E-state index is 13.5. The first-order chi connectivity index (χ1) is 17.5. The number of rotatable bonds is 7. The van der Waals surface area contributed by atoms with Gasteiger partial charge in [0.25, 0.3) is 5.91 Å². The van der Waals surface area contributed by atoms with Crippen LogP contribution in [0.5, 0.6) is 0 Å². The Hall–Kier alpha value is -3.48. The average molecular weight is 534 g/mol. The second-order valence-electron chi connectivity index (χ2n) is 8.71. The standard InChI is InChI=1S/C25H28FN3O7S/c1-14-18-9-19-21(36-24(23(19)25(31)28-3)15-5-7-16(26)8-6-15)10-20(18)29(37(4,32)33)12-17(35-14)13-34-22(30)11-27-2/h5-10,14,17,27H,11-13H2,1-4H3,(H,28,31)/t14-,17-/m0/s1. The highest BCUT2D eigenvalue weighted by Crippen LogP contribution is 2.42. The third-order valence-corrected chi connectivity index (χ3v) is 7.17. The van der Waals surface area contributed by atoms with Crippen LogP contribution in [0.3, 0.4) is 0 Å². The molecular formula is C25H28FN3O7S. The molecule has 1 aromatic heterocycles. The molecule has 2 atom stereocenters. The van der Waals surface area contributed by atoms with Crippen molar-refractivity contribution in [3.05, 3.63) is 53.3 Å². The molecule has 10 nitrogen and oxygen atoms in total. The Balaban J connectivity index is 1.84. The molecule has 2 heterocycles. The van der Waals surface area contributed by atoms with Crippen molar-refractivity contribution >= 4 is 38.6 Å². The number of benzene rings is 2. The second-order valence-corrected chi connectivity index (χ2v) is 10.6. The second kappa shape index (κ2) is 10.5. The van der Waals surface area contributed by atoms with Crippen LogP contribution in [0, 0.1) is 5.82 Å². The summed E-state index contributed by atoms with van der Waals surface area (Å²) in [6.07, 6.45) is -0.276. The van der Waals surface area contributed by atoms with Crippen LogP contribution in [0.1, 0.15) is 28.9 Å². The summed E-state index contributed by atoms with van der Waals surface area (Å²) in [5.41, 5.74) is 1.83. The van der Waals surface area contributed by atoms with Gasteiger partial charge in [-0.3, -0.25) is 13.9 Å². The normalized spacial score (nSPS) is 17.8. The maximum atomic E-state index is 13.5. The van der Waals surface area contributed by atoms with Crippen molar-refractivity contribution in [2.24, 2.45) is 0 Å². The Labute approximate surface area is 213 Å². The molecule has 2 aromatic carbocycles. The van der Waals surface area contributed by atoms with Crippen molar-refractivity contribution in [1.82, 2.24) is 10.6 Å². The predicted octanol–water partition coefficient (Wildman–Crippen LogP) is 2.59. The van der Waals surface area contributed by atoms with Crippen molar-refractivity contribution in [3.8, 4) is 11.3 Å². The van der Waals surface area contributed by atoms with Crippen molar-refractivity contribution < 1.29 is 36.3 Å². The lowest BCUT2D eigenvalue weighted by Crippen LogP contribution is -2.39. The van der Waals surface area contributed by atoms with Crippen LogP contribution >= 0.6 is 0 Å². The number of carbonyl (C=O) groups excluding carboxylic acids is 2. The van der Waals surface area contributed by atoms with E-state index >= 15 is 0 Å². The number of likely N-dealkylation sites (N-methyl/N-ethyl adjacent to an activating group) is 1. The zero-order valence-corrected chi connectivity index (χ0v) is 21.6. The summed E-state index contributed by atoms with van der Waals surface area (Å²) in [5, 5.41) is 5.74. The molecule has 2 N–H and O–H groups in total. The number of halogens is 1. The van der Waals surface area contributed by atoms with Crippen molar-refractivity contribution in [2.75, 3.05) is 44.4 Å². The molecule has 0 saturated heterocycles. The number of sulfonamides is 1. The van der Waals surface area contributed by atoms with Crippen molar-refractivity contribution in [3.63, 3.8) is 0 Å². The van der Waals surface area contributed by atoms with E-state index in [1.165, 1.54) is 35.6 Å². The smallest absolute Gasteiger partial charge is 0.320 e. The molecule has 0 unspecified atom stereocenters. The van der Waals surface area contributed by atoms with Crippen molar-refractivity contribution in [1.29, 1.82) is 0 Å². The summed E-state index contributed by atoms with van der Waals surface area (Å²) in [7, 11) is -0.689. The van der Waals surface area contributed by atoms with Crippen LogP contribution in [0.2, 0.25) is 0 Å². The van der Waals surface area contributed by atoms with E-state index in [4.69, 9.17) is 13.9 Å². The number of ether oxygens (including phenoxy) is 2. The molecule has 12 heteroatoms. The van der Waals surface area contributed by atoms with Gasteiger partial charge in [0, 0.05) is 29.6 Å². The number of anilines is 1. The fourth-order valence-corrected chi connectivity index (χ4v) is 5.27. The van der Waals surface area contributed by atoms with Gasteiger partial charge >= 0.3 is 5.97 Å². The third-order valence-electron chi connectivity index (χ3n) is 6.02. The maximum Gasteiger partial charge on any atom is 0.320 e. The first-order valence-electron chi connectivity index (χ1n) is 11.5. The summed E-state index contributed by atoms with van der Waals surface area (Å²) in [5.74, 6) is -1.13. The molecule has 3 aromatic rings. The van der Waals surface area contributed by atoms with Gasteiger partial charge in [-0.1, -0.05) is 0 Å². The van der Waals surface area contributed by atoms with Gasteiger partial charge in [-0.2, -0.15) is 0 Å². The van der Waals surface area contributed by atoms with Crippen LogP contribution in [0.15, 0.2) is 40.8 Å². The number of fused-ring (bicyclic) bond motifs is 2. The van der Waals surface area contributed by atoms with E-state index in [0.29, 0.717) is 22.2 Å². The molecule has 198 valence electrons. The Morgan fingerprint density at radius 1 is 1.19 bits per heavy atom. The van der Waals surface area contributed by atoms with Crippen LogP contribution in [0.25, 0.3) is 22.3 Å². The molecule has 0 fully saturated rings. The first kappa shape index (κ1) is 26.6. The van der Waals surface area contributed by atoms with E-state index in [1.54, 1.807) is 26.1 Å². The summed E-state index contributed by atoms with van der Waals surface area (Å²) in [4.78, 5) is 24.7. The van der Waals surface area contributed by atoms with Crippen LogP contribution in [0.4, 0.5) is 10.1 Å². The molecule has 1 amide bonds. The molecule has 0 radical (unpaired) electrons. The van der Waals surface area contributed by atoms with Gasteiger partial charge in [0.15, 0.2) is 0 Å². The van der Waals surface area contributed by atoms with Gasteiger partial charge in [-0.15, -0.1) is 0 Å². The lowest BCUT2D eigenvalue weighted by molar-refractivity contribution is -0.147. The molecule has 0 aliphatic carbocycles. The molecule has 1 aliphatic heterocycles. The van der Waals surface area contributed by atoms with Gasteiger partial charge in [-0.05, 0) is 44.3 Å². The Kier molecular flexibility index (Phi) is 7.53. The molecule has 0 bridgehead atoms. The van der Waals surface area contributed by atoms with E-state index in [-0.39, 0.29) is 36.6 Å². The number of hydrogen-bond donors (Lipinski definition) is 2. The zero-order valence-electron chi connectivity index (χ0n) is 20.8. The monoisotopic (exact) mass is 533 g/mol. The van der Waals surface area contributed by atoms with Gasteiger partial charge in [0.05, 0.1) is 36.7 Å². The van der Waals surface area contributed by atoms with Crippen LogP contribution < -0.4 is 14.9 Å². The van der Waals surface area contributed by atoms with Gasteiger partial charge in [0.1, 0.15) is 29.9 Å². The van der Waals surface area contributed by atoms with E-state index in [2.05, 4.69) is 10.6 Å². The van der Waals surface area contributed by atoms with Gasteiger partial charge < -0.3 is 24.5 Å². The number of esters is 1. The lowest BCUT2D eigenvalue weighted by Gasteiger charge is -2.24. The highest BCUT2D eigenvalue weighted by atomic mass is 32.2. The summed E-state index contributed by atoms with van der Waals surface area (Å²) in [6, 6.07) is 8.74. The topological polar surface area (TPSA) is 127 Å². The number of nitrogens with one attached hydrogen (secondary N) is 2. The van der Waals surface area contributed by atoms with Crippen LogP contribution in [-0.2, 0) is 24.3 Å². The van der Waals surface area contributed by atoms with Gasteiger partial charge in [0.2, 0.25) is 10.0 Å². The third kappa shape index (κ3) is 5.45. The summed E-state index contributed by atoms with van der Waals surface area (Å²) >= 11 is 0. The molecule has 0 spiro atoms. The highest BCUT2D eigenvalue weighted by molar-refractivity contribution is 7.92. The van der Waals surface area contributed by atoms with Crippen LogP contribution in [-0.4, -0.2) is 66.4 Å². The summed E-state index contributed by atoms with van der Waals surface area (Å²) in [6.45, 7) is 1.52. The number of nitrogens with zero attached hydrogens (tertiary/aromatic N) is 1. The van der Waals surface area contributed by atoms with E-state index < -0.39 is 39.9 Å². The average Bonchev–Trinajstić information content (AvgIpc) is 3.15. The lowest BCUT2D eigenvalue weighted by atomic mass is 10.0. The quantitative estimate of drug-likeness (QED) is 0.444. The minimum Gasteiger partial charge on any atom is -0.462 e. The zero-order chi connectivity index (χ0) is 26.9. The molecule has 0 saturated carbocycles. The molecule has 1 aliphatic rings. The number of carbonyl (C=O) groups is 2. The van der Waals surface area contributed by atoms with E-state index in [1.807, 2.05) is 0 Å². The van der Waals surface area contributed by atoms with Crippen molar-refractivity contribution in [2.45, 2.75) is 19.1 Å². The first-order valence-corrected chi connectivity index (χ1v) is 13.4.